The lowest BCUT2D eigenvalue weighted by molar-refractivity contribution is 0.159. The van der Waals surface area contributed by atoms with Crippen molar-refractivity contribution in [2.24, 2.45) is 0 Å². The van der Waals surface area contributed by atoms with Gasteiger partial charge in [-0.1, -0.05) is 50.9 Å². The Morgan fingerprint density at radius 2 is 1.76 bits per heavy atom. The maximum Gasteiger partial charge on any atom is 0.411 e. The van der Waals surface area contributed by atoms with Gasteiger partial charge in [0.15, 0.2) is 0 Å². The zero-order chi connectivity index (χ0) is 21.1. The number of hydrogen-bond donors (Lipinski definition) is 2. The van der Waals surface area contributed by atoms with Crippen molar-refractivity contribution in [2.75, 3.05) is 16.6 Å². The minimum atomic E-state index is -3.77. The summed E-state index contributed by atoms with van der Waals surface area (Å²) in [6.45, 7) is 4.56. The third-order valence-corrected chi connectivity index (χ3v) is 6.46. The molecule has 0 aliphatic carbocycles. The zero-order valence-electron chi connectivity index (χ0n) is 16.8. The normalized spacial score (nSPS) is 11.2. The van der Waals surface area contributed by atoms with E-state index >= 15 is 0 Å². The zero-order valence-corrected chi connectivity index (χ0v) is 18.4. The van der Waals surface area contributed by atoms with Gasteiger partial charge in [-0.15, -0.1) is 10.2 Å². The fourth-order valence-corrected chi connectivity index (χ4v) is 4.47. The average Bonchev–Trinajstić information content (AvgIpc) is 3.13. The maximum absolute atomic E-state index is 12.5. The second-order valence-corrected chi connectivity index (χ2v) is 9.30. The Kier molecular flexibility index (Phi) is 9.33. The van der Waals surface area contributed by atoms with Gasteiger partial charge in [-0.25, -0.2) is 13.2 Å². The van der Waals surface area contributed by atoms with Crippen molar-refractivity contribution in [1.82, 2.24) is 10.2 Å². The van der Waals surface area contributed by atoms with E-state index in [0.717, 1.165) is 50.0 Å². The lowest BCUT2D eigenvalue weighted by atomic mass is 10.2. The summed E-state index contributed by atoms with van der Waals surface area (Å²) in [7, 11) is -3.77. The molecule has 0 aliphatic heterocycles. The number of benzene rings is 1. The smallest absolute Gasteiger partial charge is 0.411 e. The third-order valence-electron chi connectivity index (χ3n) is 4.07. The minimum Gasteiger partial charge on any atom is -0.449 e. The van der Waals surface area contributed by atoms with Gasteiger partial charge in [0.05, 0.1) is 11.5 Å². The van der Waals surface area contributed by atoms with Crippen LogP contribution in [0.4, 0.5) is 15.6 Å². The molecule has 0 aliphatic rings. The number of aryl methyl sites for hydroxylation is 1. The highest BCUT2D eigenvalue weighted by Gasteiger charge is 2.17. The van der Waals surface area contributed by atoms with Crippen molar-refractivity contribution < 1.29 is 17.9 Å². The molecule has 0 radical (unpaired) electrons. The molecule has 0 saturated carbocycles. The van der Waals surface area contributed by atoms with Crippen molar-refractivity contribution in [3.05, 3.63) is 29.3 Å². The van der Waals surface area contributed by atoms with Gasteiger partial charge >= 0.3 is 6.09 Å². The molecule has 29 heavy (non-hydrogen) atoms. The monoisotopic (exact) mass is 440 g/mol. The van der Waals surface area contributed by atoms with E-state index in [1.807, 2.05) is 0 Å². The van der Waals surface area contributed by atoms with Crippen molar-refractivity contribution >= 4 is 38.3 Å². The van der Waals surface area contributed by atoms with Crippen molar-refractivity contribution in [1.29, 1.82) is 0 Å². The summed E-state index contributed by atoms with van der Waals surface area (Å²) in [4.78, 5) is 11.8. The van der Waals surface area contributed by atoms with E-state index in [-0.39, 0.29) is 10.0 Å². The van der Waals surface area contributed by atoms with Gasteiger partial charge in [-0.3, -0.25) is 10.0 Å². The molecule has 1 aromatic carbocycles. The first-order chi connectivity index (χ1) is 13.9. The molecular formula is C19H28N4O4S2. The molecule has 2 rings (SSSR count). The molecule has 1 amide bonds. The van der Waals surface area contributed by atoms with Gasteiger partial charge in [0, 0.05) is 12.1 Å². The second-order valence-electron chi connectivity index (χ2n) is 6.56. The van der Waals surface area contributed by atoms with E-state index in [9.17, 15) is 13.2 Å². The van der Waals surface area contributed by atoms with Gasteiger partial charge in [0.1, 0.15) is 5.01 Å². The molecule has 0 atom stereocenters. The predicted octanol–water partition coefficient (Wildman–Crippen LogP) is 4.81. The molecule has 1 heterocycles. The number of hydrogen-bond acceptors (Lipinski definition) is 7. The van der Waals surface area contributed by atoms with Crippen LogP contribution in [0.1, 0.15) is 57.4 Å². The van der Waals surface area contributed by atoms with Crippen molar-refractivity contribution in [3.63, 3.8) is 0 Å². The molecule has 0 spiro atoms. The van der Waals surface area contributed by atoms with E-state index in [1.165, 1.54) is 35.6 Å². The Labute approximate surface area is 176 Å². The summed E-state index contributed by atoms with van der Waals surface area (Å²) in [6.07, 6.45) is 6.34. The van der Waals surface area contributed by atoms with E-state index in [2.05, 4.69) is 34.1 Å². The van der Waals surface area contributed by atoms with Gasteiger partial charge < -0.3 is 4.74 Å². The highest BCUT2D eigenvalue weighted by Crippen LogP contribution is 2.22. The summed E-state index contributed by atoms with van der Waals surface area (Å²) >= 11 is 1.23. The molecule has 0 fully saturated rings. The molecular weight excluding hydrogens is 412 g/mol. The summed E-state index contributed by atoms with van der Waals surface area (Å²) in [5, 5.41) is 11.5. The Hall–Kier alpha value is -2.20. The number of carbonyl (C=O) groups excluding carboxylic acids is 1. The molecule has 160 valence electrons. The van der Waals surface area contributed by atoms with Crippen LogP contribution in [0.25, 0.3) is 0 Å². The van der Waals surface area contributed by atoms with Crippen molar-refractivity contribution in [3.8, 4) is 0 Å². The van der Waals surface area contributed by atoms with Gasteiger partial charge in [-0.2, -0.15) is 0 Å². The number of anilines is 2. The predicted molar refractivity (Wildman–Crippen MR) is 115 cm³/mol. The lowest BCUT2D eigenvalue weighted by Gasteiger charge is -2.08. The Bertz CT molecular complexity index is 867. The van der Waals surface area contributed by atoms with Gasteiger partial charge in [-0.05, 0) is 37.1 Å². The first-order valence-corrected chi connectivity index (χ1v) is 12.1. The quantitative estimate of drug-likeness (QED) is 0.458. The number of aromatic nitrogens is 2. The average molecular weight is 441 g/mol. The third kappa shape index (κ3) is 7.98. The number of nitrogens with one attached hydrogen (secondary N) is 2. The van der Waals surface area contributed by atoms with Crippen LogP contribution < -0.4 is 10.0 Å². The molecule has 2 N–H and O–H groups in total. The molecule has 0 saturated heterocycles. The van der Waals surface area contributed by atoms with Crippen molar-refractivity contribution in [2.45, 2.75) is 63.7 Å². The van der Waals surface area contributed by atoms with Gasteiger partial charge in [0.25, 0.3) is 10.0 Å². The fraction of sp³-hybridized carbons (Fsp3) is 0.526. The van der Waals surface area contributed by atoms with Crippen LogP contribution in [0, 0.1) is 0 Å². The van der Waals surface area contributed by atoms with Crippen LogP contribution in [0.3, 0.4) is 0 Å². The van der Waals surface area contributed by atoms with Crippen LogP contribution in [-0.2, 0) is 21.2 Å². The standard InChI is InChI=1S/C19H28N4O4S2/c1-3-5-7-8-14-27-19(24)20-15-10-12-16(13-11-15)29(25,26)23-18-22-21-17(28-18)9-6-4-2/h10-13H,3-9,14H2,1-2H3,(H,20,24)(H,22,23). The van der Waals surface area contributed by atoms with Crippen LogP contribution >= 0.6 is 11.3 Å². The van der Waals surface area contributed by atoms with E-state index in [0.29, 0.717) is 12.3 Å². The number of ether oxygens (including phenoxy) is 1. The maximum atomic E-state index is 12.5. The number of rotatable bonds is 12. The highest BCUT2D eigenvalue weighted by atomic mass is 32.2. The SMILES string of the molecule is CCCCCCOC(=O)Nc1ccc(S(=O)(=O)Nc2nnc(CCCC)s2)cc1. The Morgan fingerprint density at radius 1 is 1.03 bits per heavy atom. The van der Waals surface area contributed by atoms with Crippen LogP contribution in [-0.4, -0.2) is 31.3 Å². The molecule has 0 unspecified atom stereocenters. The van der Waals surface area contributed by atoms with Crippen LogP contribution in [0.15, 0.2) is 29.2 Å². The number of nitrogens with zero attached hydrogens (tertiary/aromatic N) is 2. The summed E-state index contributed by atoms with van der Waals surface area (Å²) in [5.74, 6) is 0. The van der Waals surface area contributed by atoms with Gasteiger partial charge in [0.2, 0.25) is 5.13 Å². The molecule has 2 aromatic rings. The second kappa shape index (κ2) is 11.7. The Balaban J connectivity index is 1.87. The Morgan fingerprint density at radius 3 is 2.45 bits per heavy atom. The summed E-state index contributed by atoms with van der Waals surface area (Å²) in [6, 6.07) is 5.86. The molecule has 8 nitrogen and oxygen atoms in total. The summed E-state index contributed by atoms with van der Waals surface area (Å²) in [5.41, 5.74) is 0.459. The topological polar surface area (TPSA) is 110 Å². The van der Waals surface area contributed by atoms with E-state index in [4.69, 9.17) is 4.74 Å². The minimum absolute atomic E-state index is 0.0706. The fourth-order valence-electron chi connectivity index (χ4n) is 2.46. The van der Waals surface area contributed by atoms with E-state index < -0.39 is 16.1 Å². The molecule has 0 bridgehead atoms. The van der Waals surface area contributed by atoms with E-state index in [1.54, 1.807) is 0 Å². The lowest BCUT2D eigenvalue weighted by Crippen LogP contribution is -2.15. The molecule has 1 aromatic heterocycles. The highest BCUT2D eigenvalue weighted by molar-refractivity contribution is 7.93. The van der Waals surface area contributed by atoms with Crippen LogP contribution in [0.5, 0.6) is 0 Å². The first kappa shape index (κ1) is 23.1. The molecule has 10 heteroatoms. The first-order valence-electron chi connectivity index (χ1n) is 9.83. The number of sulfonamides is 1. The van der Waals surface area contributed by atoms with Crippen LogP contribution in [0.2, 0.25) is 0 Å². The largest absolute Gasteiger partial charge is 0.449 e. The number of amides is 1. The number of unbranched alkanes of at least 4 members (excludes halogenated alkanes) is 4. The summed E-state index contributed by atoms with van der Waals surface area (Å²) < 4.78 is 32.5. The number of carbonyl (C=O) groups is 1.